The Hall–Kier alpha value is -6.06. The highest BCUT2D eigenvalue weighted by atomic mass is 16.3. The first-order valence-electron chi connectivity index (χ1n) is 16.3. The minimum atomic E-state index is 0.864. The van der Waals surface area contributed by atoms with E-state index in [1.54, 1.807) is 0 Å². The van der Waals surface area contributed by atoms with Gasteiger partial charge in [0.2, 0.25) is 0 Å². The molecule has 0 saturated carbocycles. The number of hydrogen-bond donors (Lipinski definition) is 0. The number of aromatic nitrogens is 2. The number of furan rings is 1. The molecule has 0 saturated heterocycles. The van der Waals surface area contributed by atoms with Crippen LogP contribution in [0.2, 0.25) is 0 Å². The Balaban J connectivity index is 0.000000429. The summed E-state index contributed by atoms with van der Waals surface area (Å²) in [5, 5.41) is 4.39. The number of hydrogen-bond acceptors (Lipinski definition) is 3. The Kier molecular flexibility index (Phi) is 7.51. The monoisotopic (exact) mass is 618 g/mol. The summed E-state index contributed by atoms with van der Waals surface area (Å²) in [6.07, 6.45) is 1.84. The van der Waals surface area contributed by atoms with Gasteiger partial charge in [0.25, 0.3) is 0 Å². The van der Waals surface area contributed by atoms with Gasteiger partial charge in [-0.2, -0.15) is 0 Å². The average Bonchev–Trinajstić information content (AvgIpc) is 3.50. The molecule has 9 rings (SSSR count). The van der Waals surface area contributed by atoms with Crippen molar-refractivity contribution in [3.8, 4) is 33.5 Å². The molecule has 230 valence electrons. The zero-order chi connectivity index (χ0) is 32.6. The second-order valence-corrected chi connectivity index (χ2v) is 12.4. The molecule has 0 N–H and O–H groups in total. The van der Waals surface area contributed by atoms with Gasteiger partial charge >= 0.3 is 0 Å². The van der Waals surface area contributed by atoms with Crippen LogP contribution in [-0.4, -0.2) is 9.97 Å². The minimum absolute atomic E-state index is 0.864. The van der Waals surface area contributed by atoms with Gasteiger partial charge in [-0.3, -0.25) is 4.98 Å². The maximum atomic E-state index is 6.28. The van der Waals surface area contributed by atoms with Gasteiger partial charge in [0.1, 0.15) is 11.2 Å². The maximum Gasteiger partial charge on any atom is 0.135 e. The summed E-state index contributed by atoms with van der Waals surface area (Å²) in [4.78, 5) is 9.82. The van der Waals surface area contributed by atoms with Crippen molar-refractivity contribution in [3.63, 3.8) is 0 Å². The predicted molar refractivity (Wildman–Crippen MR) is 201 cm³/mol. The summed E-state index contributed by atoms with van der Waals surface area (Å²) in [7, 11) is 0. The lowest BCUT2D eigenvalue weighted by Crippen LogP contribution is -1.91. The van der Waals surface area contributed by atoms with Gasteiger partial charge in [0.15, 0.2) is 0 Å². The lowest BCUT2D eigenvalue weighted by molar-refractivity contribution is 0.669. The Bertz CT molecular complexity index is 2600. The standard InChI is InChI=1S/C38H26N2O.C7H8/c1-23-8-3-4-9-28(23)31-20-25(14-13-24(31)2)26-15-17-35-32(21-26)33-22-27(16-18-36(33)41-35)37-38-30(11-7-19-39-38)29-10-5-6-12-34(29)40-37;1-7-5-3-2-4-6-7/h3-22H,1-2H3;2-6H,1H3. The van der Waals surface area contributed by atoms with E-state index in [0.717, 1.165) is 60.6 Å². The zero-order valence-corrected chi connectivity index (χ0v) is 27.2. The third-order valence-corrected chi connectivity index (χ3v) is 9.15. The van der Waals surface area contributed by atoms with Crippen LogP contribution < -0.4 is 0 Å². The number of pyridine rings is 2. The van der Waals surface area contributed by atoms with Crippen molar-refractivity contribution < 1.29 is 4.42 Å². The highest BCUT2D eigenvalue weighted by Gasteiger charge is 2.15. The average molecular weight is 619 g/mol. The number of aryl methyl sites for hydroxylation is 3. The quantitative estimate of drug-likeness (QED) is 0.185. The molecule has 3 nitrogen and oxygen atoms in total. The van der Waals surface area contributed by atoms with Gasteiger partial charge in [-0.25, -0.2) is 4.98 Å². The van der Waals surface area contributed by atoms with Crippen molar-refractivity contribution in [1.82, 2.24) is 9.97 Å². The fourth-order valence-corrected chi connectivity index (χ4v) is 6.59. The lowest BCUT2D eigenvalue weighted by Gasteiger charge is -2.12. The molecule has 3 aromatic heterocycles. The van der Waals surface area contributed by atoms with Crippen molar-refractivity contribution in [1.29, 1.82) is 0 Å². The number of nitrogens with zero attached hydrogens (tertiary/aromatic N) is 2. The molecule has 3 heteroatoms. The second-order valence-electron chi connectivity index (χ2n) is 12.4. The first kappa shape index (κ1) is 29.3. The molecule has 3 heterocycles. The van der Waals surface area contributed by atoms with Gasteiger partial charge < -0.3 is 4.42 Å². The third-order valence-electron chi connectivity index (χ3n) is 9.15. The molecule has 0 bridgehead atoms. The number of benzene rings is 6. The molecule has 0 aliphatic heterocycles. The van der Waals surface area contributed by atoms with E-state index in [1.165, 1.54) is 33.4 Å². The van der Waals surface area contributed by atoms with Crippen molar-refractivity contribution in [3.05, 3.63) is 168 Å². The smallest absolute Gasteiger partial charge is 0.135 e. The lowest BCUT2D eigenvalue weighted by atomic mass is 9.92. The molecular formula is C45H34N2O. The van der Waals surface area contributed by atoms with Crippen LogP contribution in [0.3, 0.4) is 0 Å². The van der Waals surface area contributed by atoms with Crippen LogP contribution in [0.1, 0.15) is 16.7 Å². The molecule has 48 heavy (non-hydrogen) atoms. The normalized spacial score (nSPS) is 11.2. The van der Waals surface area contributed by atoms with Crippen LogP contribution in [0.5, 0.6) is 0 Å². The zero-order valence-electron chi connectivity index (χ0n) is 27.2. The summed E-state index contributed by atoms with van der Waals surface area (Å²) in [6.45, 7) is 6.44. The Labute approximate surface area is 280 Å². The van der Waals surface area contributed by atoms with E-state index >= 15 is 0 Å². The second kappa shape index (κ2) is 12.3. The molecule has 0 radical (unpaired) electrons. The number of fused-ring (bicyclic) bond motifs is 6. The SMILES string of the molecule is Cc1ccccc1.Cc1ccccc1-c1cc(-c2ccc3oc4ccc(-c5nc6ccccc6c6cccnc56)cc4c3c2)ccc1C. The molecule has 0 unspecified atom stereocenters. The fourth-order valence-electron chi connectivity index (χ4n) is 6.59. The highest BCUT2D eigenvalue weighted by molar-refractivity contribution is 6.11. The first-order chi connectivity index (χ1) is 23.5. The fraction of sp³-hybridized carbons (Fsp3) is 0.0667. The van der Waals surface area contributed by atoms with E-state index < -0.39 is 0 Å². The summed E-state index contributed by atoms with van der Waals surface area (Å²) >= 11 is 0. The van der Waals surface area contributed by atoms with Gasteiger partial charge in [-0.15, -0.1) is 0 Å². The topological polar surface area (TPSA) is 38.9 Å². The highest BCUT2D eigenvalue weighted by Crippen LogP contribution is 2.38. The molecule has 9 aromatic rings. The van der Waals surface area contributed by atoms with Crippen molar-refractivity contribution in [2.24, 2.45) is 0 Å². The molecule has 0 atom stereocenters. The molecule has 0 amide bonds. The van der Waals surface area contributed by atoms with Crippen LogP contribution in [-0.2, 0) is 0 Å². The van der Waals surface area contributed by atoms with E-state index in [2.05, 4.69) is 136 Å². The van der Waals surface area contributed by atoms with Crippen molar-refractivity contribution in [2.45, 2.75) is 20.8 Å². The van der Waals surface area contributed by atoms with E-state index in [0.29, 0.717) is 0 Å². The van der Waals surface area contributed by atoms with Crippen LogP contribution in [0.4, 0.5) is 0 Å². The predicted octanol–water partition coefficient (Wildman–Crippen LogP) is 12.3. The van der Waals surface area contributed by atoms with Gasteiger partial charge in [0, 0.05) is 33.3 Å². The van der Waals surface area contributed by atoms with Crippen LogP contribution in [0.15, 0.2) is 156 Å². The number of rotatable bonds is 3. The van der Waals surface area contributed by atoms with E-state index in [9.17, 15) is 0 Å². The summed E-state index contributed by atoms with van der Waals surface area (Å²) < 4.78 is 6.28. The van der Waals surface area contributed by atoms with Gasteiger partial charge in [0.05, 0.1) is 16.7 Å². The number of para-hydroxylation sites is 1. The van der Waals surface area contributed by atoms with E-state index in [4.69, 9.17) is 14.4 Å². The Morgan fingerprint density at radius 2 is 1.08 bits per heavy atom. The molecule has 0 aliphatic rings. The van der Waals surface area contributed by atoms with Gasteiger partial charge in [-0.1, -0.05) is 103 Å². The maximum absolute atomic E-state index is 6.28. The van der Waals surface area contributed by atoms with Gasteiger partial charge in [-0.05, 0) is 103 Å². The van der Waals surface area contributed by atoms with Crippen molar-refractivity contribution >= 4 is 43.7 Å². The molecule has 0 fully saturated rings. The summed E-state index contributed by atoms with van der Waals surface area (Å²) in [5.74, 6) is 0. The van der Waals surface area contributed by atoms with Crippen LogP contribution >= 0.6 is 0 Å². The molecule has 6 aromatic carbocycles. The van der Waals surface area contributed by atoms with Crippen LogP contribution in [0.25, 0.3) is 77.3 Å². The summed E-state index contributed by atoms with van der Waals surface area (Å²) in [5.41, 5.74) is 14.3. The largest absolute Gasteiger partial charge is 0.456 e. The van der Waals surface area contributed by atoms with E-state index in [1.807, 2.05) is 36.5 Å². The first-order valence-corrected chi connectivity index (χ1v) is 16.3. The van der Waals surface area contributed by atoms with Crippen LogP contribution in [0, 0.1) is 20.8 Å². The van der Waals surface area contributed by atoms with E-state index in [-0.39, 0.29) is 0 Å². The molecular weight excluding hydrogens is 585 g/mol. The molecule has 0 spiro atoms. The third kappa shape index (κ3) is 5.40. The summed E-state index contributed by atoms with van der Waals surface area (Å²) in [6, 6.07) is 50.8. The van der Waals surface area contributed by atoms with Crippen molar-refractivity contribution in [2.75, 3.05) is 0 Å². The Morgan fingerprint density at radius 1 is 0.458 bits per heavy atom. The molecule has 0 aliphatic carbocycles. The Morgan fingerprint density at radius 3 is 1.85 bits per heavy atom. The minimum Gasteiger partial charge on any atom is -0.456 e.